The predicted molar refractivity (Wildman–Crippen MR) is 75.0 cm³/mol. The zero-order valence-electron chi connectivity index (χ0n) is 10.8. The number of nitrogen functional groups attached to an aromatic ring is 1. The molecule has 0 aliphatic rings. The average molecular weight is 258 g/mol. The first-order chi connectivity index (χ1) is 9.24. The van der Waals surface area contributed by atoms with Crippen molar-refractivity contribution >= 4 is 16.7 Å². The number of rotatable bonds is 1. The second kappa shape index (κ2) is 5.48. The molecule has 0 aliphatic carbocycles. The molecule has 2 heterocycles. The Morgan fingerprint density at radius 1 is 1.11 bits per heavy atom. The summed E-state index contributed by atoms with van der Waals surface area (Å²) in [6.07, 6.45) is 2.79. The fourth-order valence-electron chi connectivity index (χ4n) is 1.78. The zero-order valence-corrected chi connectivity index (χ0v) is 10.8. The molecule has 0 atom stereocenters. The summed E-state index contributed by atoms with van der Waals surface area (Å²) >= 11 is 0. The Kier molecular flexibility index (Phi) is 3.75. The summed E-state index contributed by atoms with van der Waals surface area (Å²) in [5.74, 6) is 0.0778. The van der Waals surface area contributed by atoms with Crippen LogP contribution in [0.1, 0.15) is 13.8 Å². The van der Waals surface area contributed by atoms with Crippen molar-refractivity contribution in [3.63, 3.8) is 0 Å². The molecule has 0 saturated heterocycles. The number of nitrogens with two attached hydrogens (primary N) is 1. The third-order valence-corrected chi connectivity index (χ3v) is 2.63. The van der Waals surface area contributed by atoms with Crippen LogP contribution in [0, 0.1) is 5.82 Å². The lowest BCUT2D eigenvalue weighted by atomic mass is 10.1. The monoisotopic (exact) mass is 258 g/mol. The van der Waals surface area contributed by atoms with Crippen molar-refractivity contribution in [2.24, 2.45) is 0 Å². The molecule has 4 nitrogen and oxygen atoms in total. The molecule has 0 spiro atoms. The SMILES string of the molecule is CC.Nc1n[nH]c2ccc(-c3cncc(F)c3)cc12. The molecule has 0 amide bonds. The molecule has 5 heteroatoms. The molecule has 0 radical (unpaired) electrons. The van der Waals surface area contributed by atoms with Gasteiger partial charge in [0.05, 0.1) is 11.7 Å². The number of halogens is 1. The van der Waals surface area contributed by atoms with Gasteiger partial charge in [-0.15, -0.1) is 0 Å². The standard InChI is InChI=1S/C12H9FN4.C2H6/c13-9-3-8(5-15-6-9)7-1-2-11-10(4-7)12(14)17-16-11;1-2/h1-6H,(H3,14,16,17);1-2H3. The first kappa shape index (κ1) is 13.0. The summed E-state index contributed by atoms with van der Waals surface area (Å²) in [7, 11) is 0. The van der Waals surface area contributed by atoms with Crippen LogP contribution >= 0.6 is 0 Å². The lowest BCUT2D eigenvalue weighted by molar-refractivity contribution is 0.622. The number of pyridine rings is 1. The van der Waals surface area contributed by atoms with Gasteiger partial charge < -0.3 is 5.73 Å². The van der Waals surface area contributed by atoms with Crippen LogP contribution in [0.25, 0.3) is 22.0 Å². The second-order valence-corrected chi connectivity index (χ2v) is 3.76. The molecule has 98 valence electrons. The van der Waals surface area contributed by atoms with Gasteiger partial charge in [-0.05, 0) is 23.8 Å². The van der Waals surface area contributed by atoms with Gasteiger partial charge in [-0.1, -0.05) is 19.9 Å². The van der Waals surface area contributed by atoms with Crippen molar-refractivity contribution in [2.45, 2.75) is 13.8 Å². The van der Waals surface area contributed by atoms with Crippen molar-refractivity contribution in [1.82, 2.24) is 15.2 Å². The number of aromatic amines is 1. The van der Waals surface area contributed by atoms with E-state index < -0.39 is 0 Å². The lowest BCUT2D eigenvalue weighted by Gasteiger charge is -2.01. The summed E-state index contributed by atoms with van der Waals surface area (Å²) in [6, 6.07) is 7.03. The van der Waals surface area contributed by atoms with Gasteiger partial charge in [0, 0.05) is 17.1 Å². The molecule has 1 aromatic carbocycles. The number of hydrogen-bond acceptors (Lipinski definition) is 3. The Hall–Kier alpha value is -2.43. The fraction of sp³-hybridized carbons (Fsp3) is 0.143. The van der Waals surface area contributed by atoms with E-state index in [1.807, 2.05) is 32.0 Å². The summed E-state index contributed by atoms with van der Waals surface area (Å²) in [4.78, 5) is 3.82. The minimum absolute atomic E-state index is 0.359. The highest BCUT2D eigenvalue weighted by molar-refractivity contribution is 5.92. The molecule has 3 aromatic rings. The van der Waals surface area contributed by atoms with Crippen molar-refractivity contribution in [3.8, 4) is 11.1 Å². The van der Waals surface area contributed by atoms with E-state index in [1.165, 1.54) is 12.3 Å². The number of anilines is 1. The number of fused-ring (bicyclic) bond motifs is 1. The van der Waals surface area contributed by atoms with Gasteiger partial charge in [-0.25, -0.2) is 4.39 Å². The average Bonchev–Trinajstić information content (AvgIpc) is 2.82. The van der Waals surface area contributed by atoms with Gasteiger partial charge in [0.15, 0.2) is 5.82 Å². The molecule has 3 N–H and O–H groups in total. The number of nitrogens with zero attached hydrogens (tertiary/aromatic N) is 2. The smallest absolute Gasteiger partial charge is 0.153 e. The summed E-state index contributed by atoms with van der Waals surface area (Å²) in [5.41, 5.74) is 8.15. The van der Waals surface area contributed by atoms with Crippen LogP contribution in [0.3, 0.4) is 0 Å². The van der Waals surface area contributed by atoms with Crippen LogP contribution in [-0.4, -0.2) is 15.2 Å². The Labute approximate surface area is 110 Å². The molecular formula is C14H15FN4. The molecule has 0 aliphatic heterocycles. The Bertz CT molecular complexity index is 691. The number of aromatic nitrogens is 3. The van der Waals surface area contributed by atoms with Gasteiger partial charge in [0.2, 0.25) is 0 Å². The molecule has 0 bridgehead atoms. The van der Waals surface area contributed by atoms with Gasteiger partial charge in [0.25, 0.3) is 0 Å². The minimum Gasteiger partial charge on any atom is -0.382 e. The molecule has 19 heavy (non-hydrogen) atoms. The van der Waals surface area contributed by atoms with Crippen LogP contribution in [0.4, 0.5) is 10.2 Å². The first-order valence-electron chi connectivity index (χ1n) is 6.08. The molecule has 0 saturated carbocycles. The highest BCUT2D eigenvalue weighted by atomic mass is 19.1. The Morgan fingerprint density at radius 3 is 2.63 bits per heavy atom. The van der Waals surface area contributed by atoms with Crippen molar-refractivity contribution < 1.29 is 4.39 Å². The van der Waals surface area contributed by atoms with Crippen molar-refractivity contribution in [1.29, 1.82) is 0 Å². The molecule has 0 fully saturated rings. The van der Waals surface area contributed by atoms with E-state index in [0.29, 0.717) is 11.4 Å². The Balaban J connectivity index is 0.000000637. The van der Waals surface area contributed by atoms with Gasteiger partial charge in [-0.2, -0.15) is 5.10 Å². The Morgan fingerprint density at radius 2 is 1.89 bits per heavy atom. The molecule has 0 unspecified atom stereocenters. The van der Waals surface area contributed by atoms with Crippen molar-refractivity contribution in [3.05, 3.63) is 42.5 Å². The topological polar surface area (TPSA) is 67.6 Å². The summed E-state index contributed by atoms with van der Waals surface area (Å²) < 4.78 is 13.1. The highest BCUT2D eigenvalue weighted by Crippen LogP contribution is 2.25. The fourth-order valence-corrected chi connectivity index (χ4v) is 1.78. The van der Waals surface area contributed by atoms with E-state index in [-0.39, 0.29) is 5.82 Å². The van der Waals surface area contributed by atoms with Gasteiger partial charge in [-0.3, -0.25) is 10.1 Å². The largest absolute Gasteiger partial charge is 0.382 e. The predicted octanol–water partition coefficient (Wildman–Crippen LogP) is 3.37. The third kappa shape index (κ3) is 2.54. The zero-order chi connectivity index (χ0) is 13.8. The molecule has 3 rings (SSSR count). The van der Waals surface area contributed by atoms with Crippen molar-refractivity contribution in [2.75, 3.05) is 5.73 Å². The van der Waals surface area contributed by atoms with Crippen LogP contribution in [-0.2, 0) is 0 Å². The summed E-state index contributed by atoms with van der Waals surface area (Å²) in [5, 5.41) is 7.55. The van der Waals surface area contributed by atoms with E-state index in [4.69, 9.17) is 5.73 Å². The highest BCUT2D eigenvalue weighted by Gasteiger charge is 2.05. The maximum Gasteiger partial charge on any atom is 0.153 e. The number of benzene rings is 1. The van der Waals surface area contributed by atoms with E-state index in [2.05, 4.69) is 15.2 Å². The van der Waals surface area contributed by atoms with E-state index in [1.54, 1.807) is 6.20 Å². The van der Waals surface area contributed by atoms with Gasteiger partial charge in [0.1, 0.15) is 5.82 Å². The van der Waals surface area contributed by atoms with Gasteiger partial charge >= 0.3 is 0 Å². The lowest BCUT2D eigenvalue weighted by Crippen LogP contribution is -1.85. The number of nitrogens with one attached hydrogen (secondary N) is 1. The normalized spacial score (nSPS) is 10.1. The maximum absolute atomic E-state index is 13.1. The van der Waals surface area contributed by atoms with E-state index in [0.717, 1.165) is 16.5 Å². The van der Waals surface area contributed by atoms with Crippen LogP contribution in [0.5, 0.6) is 0 Å². The van der Waals surface area contributed by atoms with Crippen LogP contribution in [0.2, 0.25) is 0 Å². The third-order valence-electron chi connectivity index (χ3n) is 2.63. The number of H-pyrrole nitrogens is 1. The quantitative estimate of drug-likeness (QED) is 0.703. The maximum atomic E-state index is 13.1. The van der Waals surface area contributed by atoms with Crippen LogP contribution < -0.4 is 5.73 Å². The van der Waals surface area contributed by atoms with Crippen LogP contribution in [0.15, 0.2) is 36.7 Å². The van der Waals surface area contributed by atoms with E-state index >= 15 is 0 Å². The molecule has 2 aromatic heterocycles. The number of hydrogen-bond donors (Lipinski definition) is 2. The summed E-state index contributed by atoms with van der Waals surface area (Å²) in [6.45, 7) is 4.00. The second-order valence-electron chi connectivity index (χ2n) is 3.76. The van der Waals surface area contributed by atoms with E-state index in [9.17, 15) is 4.39 Å². The molecular weight excluding hydrogens is 243 g/mol. The first-order valence-corrected chi connectivity index (χ1v) is 6.08. The minimum atomic E-state index is -0.359.